The van der Waals surface area contributed by atoms with Crippen LogP contribution in [0.2, 0.25) is 5.02 Å². The Morgan fingerprint density at radius 2 is 1.96 bits per heavy atom. The van der Waals surface area contributed by atoms with Crippen molar-refractivity contribution in [3.63, 3.8) is 0 Å². The fourth-order valence-electron chi connectivity index (χ4n) is 2.23. The maximum atomic E-state index is 12.4. The molecule has 0 spiro atoms. The predicted octanol–water partition coefficient (Wildman–Crippen LogP) is 3.65. The fraction of sp³-hybridized carbons (Fsp3) is 0.278. The molecule has 0 aliphatic heterocycles. The first-order valence-electron chi connectivity index (χ1n) is 7.85. The molecule has 0 fully saturated rings. The number of ether oxygens (including phenoxy) is 1. The first kappa shape index (κ1) is 20.8. The smallest absolute Gasteiger partial charge is 0.338 e. The molecule has 140 valence electrons. The number of benzene rings is 2. The molecule has 0 amide bonds. The third kappa shape index (κ3) is 5.48. The van der Waals surface area contributed by atoms with Gasteiger partial charge in [-0.3, -0.25) is 0 Å². The molecule has 0 saturated heterocycles. The molecule has 1 N–H and O–H groups in total. The summed E-state index contributed by atoms with van der Waals surface area (Å²) < 4.78 is 32.0. The zero-order chi connectivity index (χ0) is 19.2. The molecule has 2 aromatic carbocycles. The van der Waals surface area contributed by atoms with Crippen molar-refractivity contribution in [2.75, 3.05) is 19.4 Å². The summed E-state index contributed by atoms with van der Waals surface area (Å²) in [6.45, 7) is 2.00. The number of carbonyl (C=O) groups excluding carboxylic acids is 1. The lowest BCUT2D eigenvalue weighted by Gasteiger charge is -2.10. The number of halogens is 1. The van der Waals surface area contributed by atoms with Gasteiger partial charge >= 0.3 is 5.97 Å². The van der Waals surface area contributed by atoms with Crippen LogP contribution in [-0.2, 0) is 20.5 Å². The van der Waals surface area contributed by atoms with E-state index in [1.54, 1.807) is 24.8 Å². The number of aryl methyl sites for hydroxylation is 1. The number of sulfonamides is 1. The van der Waals surface area contributed by atoms with Crippen LogP contribution in [0.5, 0.6) is 0 Å². The second-order valence-corrected chi connectivity index (χ2v) is 8.79. The maximum Gasteiger partial charge on any atom is 0.338 e. The van der Waals surface area contributed by atoms with E-state index >= 15 is 0 Å². The fourth-order valence-corrected chi connectivity index (χ4v) is 4.56. The Balaban J connectivity index is 1.93. The normalized spacial score (nSPS) is 11.3. The summed E-state index contributed by atoms with van der Waals surface area (Å²) in [6.07, 6.45) is 0. The maximum absolute atomic E-state index is 12.4. The summed E-state index contributed by atoms with van der Waals surface area (Å²) in [5, 5.41) is 0.704. The molecule has 0 saturated carbocycles. The van der Waals surface area contributed by atoms with E-state index < -0.39 is 16.0 Å². The van der Waals surface area contributed by atoms with Crippen LogP contribution in [0.25, 0.3) is 0 Å². The number of carbonyl (C=O) groups is 1. The molecule has 0 aliphatic carbocycles. The second-order valence-electron chi connectivity index (χ2n) is 5.51. The Kier molecular flexibility index (Phi) is 7.52. The first-order valence-corrected chi connectivity index (χ1v) is 10.9. The van der Waals surface area contributed by atoms with Crippen molar-refractivity contribution in [3.8, 4) is 0 Å². The average molecular weight is 414 g/mol. The molecule has 8 heteroatoms. The number of esters is 1. The van der Waals surface area contributed by atoms with E-state index in [-0.39, 0.29) is 17.0 Å². The molecule has 2 rings (SSSR count). The van der Waals surface area contributed by atoms with Crippen LogP contribution in [0.3, 0.4) is 0 Å². The van der Waals surface area contributed by atoms with E-state index in [9.17, 15) is 13.2 Å². The molecular weight excluding hydrogens is 394 g/mol. The van der Waals surface area contributed by atoms with Gasteiger partial charge in [0.1, 0.15) is 0 Å². The highest BCUT2D eigenvalue weighted by Gasteiger charge is 2.18. The van der Waals surface area contributed by atoms with Gasteiger partial charge in [-0.1, -0.05) is 35.9 Å². The number of hydrogen-bond acceptors (Lipinski definition) is 5. The number of thioether (sulfide) groups is 1. The van der Waals surface area contributed by atoms with Gasteiger partial charge in [0.2, 0.25) is 10.0 Å². The minimum Gasteiger partial charge on any atom is -0.465 e. The van der Waals surface area contributed by atoms with Gasteiger partial charge < -0.3 is 4.74 Å². The number of rotatable bonds is 8. The summed E-state index contributed by atoms with van der Waals surface area (Å²) in [7, 11) is -2.43. The van der Waals surface area contributed by atoms with E-state index in [0.717, 1.165) is 5.56 Å². The summed E-state index contributed by atoms with van der Waals surface area (Å²) in [6, 6.07) is 12.0. The van der Waals surface area contributed by atoms with E-state index in [1.807, 2.05) is 24.3 Å². The molecule has 5 nitrogen and oxygen atoms in total. The Bertz CT molecular complexity index is 885. The van der Waals surface area contributed by atoms with Crippen molar-refractivity contribution in [3.05, 3.63) is 64.2 Å². The summed E-state index contributed by atoms with van der Waals surface area (Å²) in [4.78, 5) is 11.8. The zero-order valence-electron chi connectivity index (χ0n) is 14.5. The lowest BCUT2D eigenvalue weighted by molar-refractivity contribution is 0.0599. The summed E-state index contributed by atoms with van der Waals surface area (Å²) >= 11 is 7.68. The van der Waals surface area contributed by atoms with Crippen molar-refractivity contribution in [1.29, 1.82) is 0 Å². The Labute approximate surface area is 163 Å². The molecule has 0 radical (unpaired) electrons. The molecule has 26 heavy (non-hydrogen) atoms. The van der Waals surface area contributed by atoms with Crippen molar-refractivity contribution < 1.29 is 17.9 Å². The summed E-state index contributed by atoms with van der Waals surface area (Å²) in [5.74, 6) is 0.744. The average Bonchev–Trinajstić information content (AvgIpc) is 2.62. The van der Waals surface area contributed by atoms with Crippen LogP contribution in [-0.4, -0.2) is 33.8 Å². The van der Waals surface area contributed by atoms with Gasteiger partial charge in [-0.25, -0.2) is 17.9 Å². The van der Waals surface area contributed by atoms with Crippen LogP contribution in [0.15, 0.2) is 47.4 Å². The highest BCUT2D eigenvalue weighted by molar-refractivity contribution is 7.98. The Morgan fingerprint density at radius 3 is 2.65 bits per heavy atom. The van der Waals surface area contributed by atoms with E-state index in [4.69, 9.17) is 11.6 Å². The minimum atomic E-state index is -3.69. The van der Waals surface area contributed by atoms with Gasteiger partial charge in [-0.05, 0) is 36.2 Å². The molecule has 2 aromatic rings. The van der Waals surface area contributed by atoms with Gasteiger partial charge in [-0.2, -0.15) is 11.8 Å². The predicted molar refractivity (Wildman–Crippen MR) is 105 cm³/mol. The van der Waals surface area contributed by atoms with Crippen LogP contribution >= 0.6 is 23.4 Å². The SMILES string of the molecule is COC(=O)c1cc(S(=O)(=O)NCCSCc2ccccc2Cl)ccc1C. The quantitative estimate of drug-likeness (QED) is 0.528. The first-order chi connectivity index (χ1) is 12.3. The molecule has 0 atom stereocenters. The number of methoxy groups -OCH3 is 1. The standard InChI is InChI=1S/C18H20ClNO4S2/c1-13-7-8-15(11-16(13)18(21)24-2)26(22,23)20-9-10-25-12-14-5-3-4-6-17(14)19/h3-8,11,20H,9-10,12H2,1-2H3. The number of hydrogen-bond donors (Lipinski definition) is 1. The van der Waals surface area contributed by atoms with Gasteiger partial charge in [0.05, 0.1) is 17.6 Å². The Hall–Kier alpha value is -1.54. The molecule has 0 aliphatic rings. The second kappa shape index (κ2) is 9.41. The van der Waals surface area contributed by atoms with Gasteiger partial charge in [-0.15, -0.1) is 0 Å². The topological polar surface area (TPSA) is 72.5 Å². The van der Waals surface area contributed by atoms with Crippen LogP contribution in [0.1, 0.15) is 21.5 Å². The van der Waals surface area contributed by atoms with Crippen molar-refractivity contribution in [2.24, 2.45) is 0 Å². The number of nitrogens with one attached hydrogen (secondary N) is 1. The minimum absolute atomic E-state index is 0.0413. The lowest BCUT2D eigenvalue weighted by atomic mass is 10.1. The summed E-state index contributed by atoms with van der Waals surface area (Å²) in [5.41, 5.74) is 1.91. The van der Waals surface area contributed by atoms with E-state index in [2.05, 4.69) is 9.46 Å². The highest BCUT2D eigenvalue weighted by atomic mass is 35.5. The zero-order valence-corrected chi connectivity index (χ0v) is 16.9. The van der Waals surface area contributed by atoms with E-state index in [0.29, 0.717) is 22.1 Å². The third-order valence-corrected chi connectivity index (χ3v) is 6.51. The van der Waals surface area contributed by atoms with Crippen molar-refractivity contribution >= 4 is 39.4 Å². The lowest BCUT2D eigenvalue weighted by Crippen LogP contribution is -2.26. The van der Waals surface area contributed by atoms with E-state index in [1.165, 1.54) is 19.2 Å². The molecule has 0 unspecified atom stereocenters. The monoisotopic (exact) mass is 413 g/mol. The van der Waals surface area contributed by atoms with Crippen LogP contribution < -0.4 is 4.72 Å². The van der Waals surface area contributed by atoms with Gasteiger partial charge in [0, 0.05) is 23.1 Å². The molecule has 0 aromatic heterocycles. The van der Waals surface area contributed by atoms with Crippen LogP contribution in [0.4, 0.5) is 0 Å². The van der Waals surface area contributed by atoms with Crippen LogP contribution in [0, 0.1) is 6.92 Å². The molecule has 0 bridgehead atoms. The van der Waals surface area contributed by atoms with Crippen molar-refractivity contribution in [2.45, 2.75) is 17.6 Å². The van der Waals surface area contributed by atoms with Crippen molar-refractivity contribution in [1.82, 2.24) is 4.72 Å². The highest BCUT2D eigenvalue weighted by Crippen LogP contribution is 2.21. The molecular formula is C18H20ClNO4S2. The molecule has 0 heterocycles. The third-order valence-electron chi connectivity index (χ3n) is 3.68. The largest absolute Gasteiger partial charge is 0.465 e. The Morgan fingerprint density at radius 1 is 1.23 bits per heavy atom. The van der Waals surface area contributed by atoms with Gasteiger partial charge in [0.15, 0.2) is 0 Å². The van der Waals surface area contributed by atoms with Gasteiger partial charge in [0.25, 0.3) is 0 Å².